The van der Waals surface area contributed by atoms with E-state index in [-0.39, 0.29) is 11.9 Å². The molecule has 0 saturated carbocycles. The summed E-state index contributed by atoms with van der Waals surface area (Å²) in [6.45, 7) is 0. The van der Waals surface area contributed by atoms with Gasteiger partial charge in [-0.3, -0.25) is 9.48 Å². The third-order valence-corrected chi connectivity index (χ3v) is 3.58. The zero-order valence-corrected chi connectivity index (χ0v) is 12.5. The van der Waals surface area contributed by atoms with E-state index in [0.717, 1.165) is 11.4 Å². The van der Waals surface area contributed by atoms with Gasteiger partial charge in [-0.25, -0.2) is 4.98 Å². The topological polar surface area (TPSA) is 64.7 Å². The number of hydrogen-bond donors (Lipinski definition) is 1. The van der Waals surface area contributed by atoms with Crippen molar-refractivity contribution in [2.75, 3.05) is 0 Å². The lowest BCUT2D eigenvalue weighted by Crippen LogP contribution is -2.32. The molecule has 6 heteroatoms. The van der Waals surface area contributed by atoms with Crippen molar-refractivity contribution in [2.24, 2.45) is 14.1 Å². The van der Waals surface area contributed by atoms with Crippen LogP contribution in [0.5, 0.6) is 0 Å². The summed E-state index contributed by atoms with van der Waals surface area (Å²) < 4.78 is 3.46. The first-order chi connectivity index (χ1) is 10.7. The quantitative estimate of drug-likeness (QED) is 0.796. The highest BCUT2D eigenvalue weighted by Gasteiger charge is 2.22. The Morgan fingerprint density at radius 1 is 1.14 bits per heavy atom. The van der Waals surface area contributed by atoms with Crippen LogP contribution >= 0.6 is 0 Å². The van der Waals surface area contributed by atoms with Gasteiger partial charge in [0, 0.05) is 32.7 Å². The molecule has 1 amide bonds. The van der Waals surface area contributed by atoms with Crippen LogP contribution in [-0.2, 0) is 14.1 Å². The van der Waals surface area contributed by atoms with Gasteiger partial charge >= 0.3 is 0 Å². The zero-order valence-electron chi connectivity index (χ0n) is 12.5. The lowest BCUT2D eigenvalue weighted by atomic mass is 10.1. The average Bonchev–Trinajstić information content (AvgIpc) is 3.14. The molecule has 0 aliphatic rings. The van der Waals surface area contributed by atoms with Crippen molar-refractivity contribution in [1.29, 1.82) is 0 Å². The van der Waals surface area contributed by atoms with E-state index in [1.165, 1.54) is 0 Å². The van der Waals surface area contributed by atoms with Gasteiger partial charge in [0.05, 0.1) is 0 Å². The van der Waals surface area contributed by atoms with Gasteiger partial charge in [-0.05, 0) is 11.6 Å². The highest BCUT2D eigenvalue weighted by molar-refractivity contribution is 5.92. The zero-order chi connectivity index (χ0) is 15.5. The molecule has 0 spiro atoms. The molecule has 0 unspecified atom stereocenters. The summed E-state index contributed by atoms with van der Waals surface area (Å²) in [7, 11) is 3.65. The summed E-state index contributed by atoms with van der Waals surface area (Å²) in [4.78, 5) is 16.9. The predicted octanol–water partition coefficient (Wildman–Crippen LogP) is 1.67. The summed E-state index contributed by atoms with van der Waals surface area (Å²) in [6.07, 6.45) is 5.19. The molecule has 3 rings (SSSR count). The highest BCUT2D eigenvalue weighted by atomic mass is 16.2. The molecular formula is C16H17N5O. The number of aromatic nitrogens is 4. The van der Waals surface area contributed by atoms with Crippen LogP contribution in [0, 0.1) is 0 Å². The molecule has 2 heterocycles. The van der Waals surface area contributed by atoms with Crippen LogP contribution in [0.2, 0.25) is 0 Å². The van der Waals surface area contributed by atoms with E-state index in [0.29, 0.717) is 5.69 Å². The smallest absolute Gasteiger partial charge is 0.270 e. The van der Waals surface area contributed by atoms with Gasteiger partial charge in [-0.15, -0.1) is 0 Å². The largest absolute Gasteiger partial charge is 0.337 e. The molecule has 0 radical (unpaired) electrons. The van der Waals surface area contributed by atoms with Crippen LogP contribution in [-0.4, -0.2) is 25.2 Å². The first kappa shape index (κ1) is 14.1. The van der Waals surface area contributed by atoms with Crippen LogP contribution in [0.3, 0.4) is 0 Å². The number of amides is 1. The van der Waals surface area contributed by atoms with Crippen molar-refractivity contribution in [3.63, 3.8) is 0 Å². The van der Waals surface area contributed by atoms with E-state index in [9.17, 15) is 4.79 Å². The Bertz CT molecular complexity index is 775. The molecule has 0 aliphatic heterocycles. The summed E-state index contributed by atoms with van der Waals surface area (Å²) in [5.41, 5.74) is 1.49. The first-order valence-electron chi connectivity index (χ1n) is 6.98. The van der Waals surface area contributed by atoms with Crippen LogP contribution < -0.4 is 5.32 Å². The van der Waals surface area contributed by atoms with Gasteiger partial charge in [0.2, 0.25) is 0 Å². The molecule has 6 nitrogen and oxygen atoms in total. The lowest BCUT2D eigenvalue weighted by Gasteiger charge is -2.19. The molecule has 112 valence electrons. The third kappa shape index (κ3) is 2.63. The van der Waals surface area contributed by atoms with Crippen molar-refractivity contribution < 1.29 is 4.79 Å². The van der Waals surface area contributed by atoms with Crippen molar-refractivity contribution in [3.8, 4) is 0 Å². The van der Waals surface area contributed by atoms with Crippen LogP contribution in [0.4, 0.5) is 0 Å². The standard InChI is InChI=1S/C16H17N5O/c1-20-11-10-17-15(20)14(12-6-4-3-5-7-12)19-16(22)13-8-9-18-21(13)2/h3-11,14H,1-2H3,(H,19,22)/t14-/m0/s1. The Morgan fingerprint density at radius 3 is 2.50 bits per heavy atom. The number of hydrogen-bond acceptors (Lipinski definition) is 3. The Kier molecular flexibility index (Phi) is 3.74. The fraction of sp³-hybridized carbons (Fsp3) is 0.188. The number of nitrogens with one attached hydrogen (secondary N) is 1. The average molecular weight is 295 g/mol. The third-order valence-electron chi connectivity index (χ3n) is 3.58. The van der Waals surface area contributed by atoms with E-state index < -0.39 is 0 Å². The predicted molar refractivity (Wildman–Crippen MR) is 82.2 cm³/mol. The Hall–Kier alpha value is -2.89. The second-order valence-corrected chi connectivity index (χ2v) is 5.05. The summed E-state index contributed by atoms with van der Waals surface area (Å²) in [5, 5.41) is 7.07. The molecule has 2 aromatic heterocycles. The van der Waals surface area contributed by atoms with E-state index in [2.05, 4.69) is 15.4 Å². The molecule has 1 atom stereocenters. The summed E-state index contributed by atoms with van der Waals surface area (Å²) in [6, 6.07) is 11.2. The second kappa shape index (κ2) is 5.85. The molecule has 0 fully saturated rings. The normalized spacial score (nSPS) is 12.1. The van der Waals surface area contributed by atoms with Gasteiger partial charge in [0.15, 0.2) is 0 Å². The van der Waals surface area contributed by atoms with Crippen molar-refractivity contribution in [3.05, 3.63) is 72.1 Å². The summed E-state index contributed by atoms with van der Waals surface area (Å²) in [5.74, 6) is 0.596. The minimum absolute atomic E-state index is 0.183. The number of imidazole rings is 1. The maximum atomic E-state index is 12.5. The van der Waals surface area contributed by atoms with Gasteiger partial charge in [0.1, 0.15) is 17.6 Å². The summed E-state index contributed by atoms with van der Waals surface area (Å²) >= 11 is 0. The van der Waals surface area contributed by atoms with Crippen LogP contribution in [0.1, 0.15) is 27.9 Å². The Labute approximate surface area is 128 Å². The number of carbonyl (C=O) groups excluding carboxylic acids is 1. The number of aryl methyl sites for hydroxylation is 2. The monoisotopic (exact) mass is 295 g/mol. The molecule has 0 saturated heterocycles. The minimum Gasteiger partial charge on any atom is -0.337 e. The maximum Gasteiger partial charge on any atom is 0.270 e. The Balaban J connectivity index is 1.95. The fourth-order valence-electron chi connectivity index (χ4n) is 2.40. The lowest BCUT2D eigenvalue weighted by molar-refractivity contribution is 0.0931. The molecule has 0 bridgehead atoms. The highest BCUT2D eigenvalue weighted by Crippen LogP contribution is 2.20. The van der Waals surface area contributed by atoms with Gasteiger partial charge in [0.25, 0.3) is 5.91 Å². The fourth-order valence-corrected chi connectivity index (χ4v) is 2.40. The molecule has 3 aromatic rings. The van der Waals surface area contributed by atoms with E-state index >= 15 is 0 Å². The molecule has 1 aromatic carbocycles. The van der Waals surface area contributed by atoms with Crippen LogP contribution in [0.15, 0.2) is 55.0 Å². The Morgan fingerprint density at radius 2 is 1.91 bits per heavy atom. The van der Waals surface area contributed by atoms with E-state index in [4.69, 9.17) is 0 Å². The molecule has 1 N–H and O–H groups in total. The molecule has 0 aliphatic carbocycles. The second-order valence-electron chi connectivity index (χ2n) is 5.05. The van der Waals surface area contributed by atoms with Crippen LogP contribution in [0.25, 0.3) is 0 Å². The van der Waals surface area contributed by atoms with Crippen molar-refractivity contribution in [2.45, 2.75) is 6.04 Å². The van der Waals surface area contributed by atoms with E-state index in [1.807, 2.05) is 48.1 Å². The SMILES string of the molecule is Cn1ccnc1[C@@H](NC(=O)c1ccnn1C)c1ccccc1. The van der Waals surface area contributed by atoms with E-state index in [1.54, 1.807) is 30.2 Å². The minimum atomic E-state index is -0.316. The number of rotatable bonds is 4. The number of nitrogens with zero attached hydrogens (tertiary/aromatic N) is 4. The van der Waals surface area contributed by atoms with Gasteiger partial charge < -0.3 is 9.88 Å². The number of carbonyl (C=O) groups is 1. The van der Waals surface area contributed by atoms with Crippen molar-refractivity contribution in [1.82, 2.24) is 24.6 Å². The number of benzene rings is 1. The molecule has 22 heavy (non-hydrogen) atoms. The maximum absolute atomic E-state index is 12.5. The molecular weight excluding hydrogens is 278 g/mol. The first-order valence-corrected chi connectivity index (χ1v) is 6.98. The van der Waals surface area contributed by atoms with Gasteiger partial charge in [-0.1, -0.05) is 30.3 Å². The van der Waals surface area contributed by atoms with Crippen molar-refractivity contribution >= 4 is 5.91 Å². The van der Waals surface area contributed by atoms with Gasteiger partial charge in [-0.2, -0.15) is 5.10 Å².